The highest BCUT2D eigenvalue weighted by Crippen LogP contribution is 2.54. The largest absolute Gasteiger partial charge is 0.295 e. The molecule has 1 unspecified atom stereocenters. The smallest absolute Gasteiger partial charge is 0.156 e. The Kier molecular flexibility index (Phi) is 2.48. The van der Waals surface area contributed by atoms with Gasteiger partial charge in [0.1, 0.15) is 0 Å². The third kappa shape index (κ3) is 1.43. The Bertz CT molecular complexity index is 565. The Balaban J connectivity index is 2.24. The number of carbonyl (C=O) groups excluding carboxylic acids is 1. The molecule has 18 heavy (non-hydrogen) atoms. The average Bonchev–Trinajstić information content (AvgIpc) is 2.69. The maximum Gasteiger partial charge on any atom is 0.156 e. The van der Waals surface area contributed by atoms with E-state index in [1.165, 1.54) is 27.8 Å². The molecule has 0 aliphatic heterocycles. The summed E-state index contributed by atoms with van der Waals surface area (Å²) in [4.78, 5) is 11.7. The summed E-state index contributed by atoms with van der Waals surface area (Å²) in [6.45, 7) is 6.66. The van der Waals surface area contributed by atoms with Crippen LogP contribution in [0.4, 0.5) is 0 Å². The molecule has 0 N–H and O–H groups in total. The Labute approximate surface area is 109 Å². The van der Waals surface area contributed by atoms with Crippen LogP contribution in [0.5, 0.6) is 0 Å². The Morgan fingerprint density at radius 1 is 1.28 bits per heavy atom. The van der Waals surface area contributed by atoms with E-state index < -0.39 is 0 Å². The second-order valence-corrected chi connectivity index (χ2v) is 5.87. The van der Waals surface area contributed by atoms with E-state index in [0.29, 0.717) is 5.78 Å². The molecule has 0 aromatic heterocycles. The number of hydrogen-bond acceptors (Lipinski definition) is 1. The van der Waals surface area contributed by atoms with Crippen LogP contribution in [-0.4, -0.2) is 5.78 Å². The zero-order chi connectivity index (χ0) is 12.9. The highest BCUT2D eigenvalue weighted by molar-refractivity contribution is 6.01. The summed E-state index contributed by atoms with van der Waals surface area (Å²) < 4.78 is 0. The van der Waals surface area contributed by atoms with Crippen molar-refractivity contribution in [1.29, 1.82) is 0 Å². The fourth-order valence-corrected chi connectivity index (χ4v) is 3.62. The summed E-state index contributed by atoms with van der Waals surface area (Å²) in [5, 5.41) is 0. The van der Waals surface area contributed by atoms with Crippen LogP contribution < -0.4 is 0 Å². The number of allylic oxidation sites excluding steroid dienone is 2. The van der Waals surface area contributed by atoms with E-state index >= 15 is 0 Å². The molecular formula is C17H20O. The van der Waals surface area contributed by atoms with Gasteiger partial charge in [0, 0.05) is 11.8 Å². The number of benzene rings is 1. The summed E-state index contributed by atoms with van der Waals surface area (Å²) in [7, 11) is 0. The van der Waals surface area contributed by atoms with Crippen LogP contribution in [0, 0.1) is 19.3 Å². The van der Waals surface area contributed by atoms with E-state index in [2.05, 4.69) is 32.9 Å². The first-order chi connectivity index (χ1) is 8.57. The lowest BCUT2D eigenvalue weighted by molar-refractivity contribution is -0.115. The number of fused-ring (bicyclic) bond motifs is 3. The number of carbonyl (C=O) groups is 1. The second kappa shape index (κ2) is 3.81. The highest BCUT2D eigenvalue weighted by Gasteiger charge is 2.43. The number of aryl methyl sites for hydroxylation is 1. The van der Waals surface area contributed by atoms with Crippen molar-refractivity contribution in [3.63, 3.8) is 0 Å². The normalized spacial score (nSPS) is 25.7. The molecule has 1 nitrogen and oxygen atoms in total. The van der Waals surface area contributed by atoms with Crippen LogP contribution >= 0.6 is 0 Å². The zero-order valence-corrected chi connectivity index (χ0v) is 11.5. The van der Waals surface area contributed by atoms with Gasteiger partial charge in [-0.25, -0.2) is 0 Å². The minimum atomic E-state index is 0.245. The van der Waals surface area contributed by atoms with Gasteiger partial charge in [-0.3, -0.25) is 4.79 Å². The van der Waals surface area contributed by atoms with Crippen LogP contribution in [-0.2, 0) is 11.2 Å². The monoisotopic (exact) mass is 240 g/mol. The molecule has 2 aliphatic rings. The molecule has 3 rings (SSSR count). The molecule has 0 saturated carbocycles. The van der Waals surface area contributed by atoms with Gasteiger partial charge >= 0.3 is 0 Å². The van der Waals surface area contributed by atoms with E-state index in [4.69, 9.17) is 0 Å². The molecule has 0 heterocycles. The maximum absolute atomic E-state index is 11.7. The van der Waals surface area contributed by atoms with E-state index in [1.807, 2.05) is 6.08 Å². The minimum Gasteiger partial charge on any atom is -0.295 e. The standard InChI is InChI=1S/C17H20O/c1-4-17-8-7-13(18)9-16(17)14-6-5-11(2)12(3)15(14)10-17/h5-6,9H,4,7-8,10H2,1-3H3. The Morgan fingerprint density at radius 2 is 2.06 bits per heavy atom. The van der Waals surface area contributed by atoms with Crippen molar-refractivity contribution in [2.24, 2.45) is 5.41 Å². The van der Waals surface area contributed by atoms with Gasteiger partial charge in [-0.2, -0.15) is 0 Å². The molecule has 0 spiro atoms. The second-order valence-electron chi connectivity index (χ2n) is 5.87. The van der Waals surface area contributed by atoms with E-state index in [9.17, 15) is 4.79 Å². The van der Waals surface area contributed by atoms with Gasteiger partial charge in [0.15, 0.2) is 5.78 Å². The van der Waals surface area contributed by atoms with Crippen molar-refractivity contribution >= 4 is 11.4 Å². The van der Waals surface area contributed by atoms with Gasteiger partial charge in [-0.1, -0.05) is 19.1 Å². The van der Waals surface area contributed by atoms with Crippen molar-refractivity contribution in [2.45, 2.75) is 46.5 Å². The highest BCUT2D eigenvalue weighted by atomic mass is 16.1. The summed E-state index contributed by atoms with van der Waals surface area (Å²) in [5.74, 6) is 0.306. The predicted octanol–water partition coefficient (Wildman–Crippen LogP) is 4.00. The van der Waals surface area contributed by atoms with Crippen LogP contribution in [0.2, 0.25) is 0 Å². The van der Waals surface area contributed by atoms with Gasteiger partial charge in [0.2, 0.25) is 0 Å². The van der Waals surface area contributed by atoms with Gasteiger partial charge in [0.25, 0.3) is 0 Å². The van der Waals surface area contributed by atoms with Crippen molar-refractivity contribution in [3.05, 3.63) is 40.5 Å². The fourth-order valence-electron chi connectivity index (χ4n) is 3.62. The van der Waals surface area contributed by atoms with Crippen molar-refractivity contribution in [3.8, 4) is 0 Å². The summed E-state index contributed by atoms with van der Waals surface area (Å²) >= 11 is 0. The minimum absolute atomic E-state index is 0.245. The first-order valence-corrected chi connectivity index (χ1v) is 6.92. The first kappa shape index (κ1) is 11.7. The van der Waals surface area contributed by atoms with Crippen molar-refractivity contribution in [2.75, 3.05) is 0 Å². The van der Waals surface area contributed by atoms with Gasteiger partial charge < -0.3 is 0 Å². The molecule has 1 aromatic rings. The van der Waals surface area contributed by atoms with Crippen molar-refractivity contribution < 1.29 is 4.79 Å². The molecule has 1 aromatic carbocycles. The Hall–Kier alpha value is -1.37. The maximum atomic E-state index is 11.7. The van der Waals surface area contributed by atoms with Gasteiger partial charge in [-0.05, 0) is 67.0 Å². The lowest BCUT2D eigenvalue weighted by atomic mass is 9.71. The number of ketones is 1. The molecule has 1 atom stereocenters. The van der Waals surface area contributed by atoms with Crippen LogP contribution in [0.1, 0.15) is 48.4 Å². The topological polar surface area (TPSA) is 17.1 Å². The van der Waals surface area contributed by atoms with Crippen LogP contribution in [0.25, 0.3) is 5.57 Å². The molecular weight excluding hydrogens is 220 g/mol. The third-order valence-electron chi connectivity index (χ3n) is 5.08. The molecule has 0 amide bonds. The number of hydrogen-bond donors (Lipinski definition) is 0. The van der Waals surface area contributed by atoms with Gasteiger partial charge in [-0.15, -0.1) is 0 Å². The lowest BCUT2D eigenvalue weighted by Gasteiger charge is -2.32. The molecule has 0 saturated heterocycles. The molecule has 0 bridgehead atoms. The summed E-state index contributed by atoms with van der Waals surface area (Å²) in [6, 6.07) is 4.42. The van der Waals surface area contributed by atoms with E-state index in [0.717, 1.165) is 25.7 Å². The third-order valence-corrected chi connectivity index (χ3v) is 5.08. The summed E-state index contributed by atoms with van der Waals surface area (Å²) in [6.07, 6.45) is 5.95. The van der Waals surface area contributed by atoms with E-state index in [-0.39, 0.29) is 5.41 Å². The predicted molar refractivity (Wildman–Crippen MR) is 74.6 cm³/mol. The van der Waals surface area contributed by atoms with Gasteiger partial charge in [0.05, 0.1) is 0 Å². The fraction of sp³-hybridized carbons (Fsp3) is 0.471. The van der Waals surface area contributed by atoms with Crippen molar-refractivity contribution in [1.82, 2.24) is 0 Å². The average molecular weight is 240 g/mol. The quantitative estimate of drug-likeness (QED) is 0.725. The lowest BCUT2D eigenvalue weighted by Crippen LogP contribution is -2.24. The molecule has 0 fully saturated rings. The van der Waals surface area contributed by atoms with Crippen LogP contribution in [0.3, 0.4) is 0 Å². The number of rotatable bonds is 1. The molecule has 94 valence electrons. The molecule has 2 aliphatic carbocycles. The Morgan fingerprint density at radius 3 is 2.78 bits per heavy atom. The summed E-state index contributed by atoms with van der Waals surface area (Å²) in [5.41, 5.74) is 7.17. The van der Waals surface area contributed by atoms with E-state index in [1.54, 1.807) is 0 Å². The SMILES string of the molecule is CCC12CCC(=O)C=C1c1ccc(C)c(C)c1C2. The molecule has 1 heteroatoms. The first-order valence-electron chi connectivity index (χ1n) is 6.92. The van der Waals surface area contributed by atoms with Crippen LogP contribution in [0.15, 0.2) is 18.2 Å². The molecule has 0 radical (unpaired) electrons. The zero-order valence-electron chi connectivity index (χ0n) is 11.5.